The average molecular weight is 275 g/mol. The number of amides is 1. The maximum Gasteiger partial charge on any atom is 0.253 e. The molecule has 0 bridgehead atoms. The van der Waals surface area contributed by atoms with Crippen LogP contribution in [0.3, 0.4) is 0 Å². The second-order valence-corrected chi connectivity index (χ2v) is 4.59. The van der Waals surface area contributed by atoms with Crippen LogP contribution in [0.25, 0.3) is 0 Å². The fourth-order valence-corrected chi connectivity index (χ4v) is 1.94. The van der Waals surface area contributed by atoms with Gasteiger partial charge in [0.2, 0.25) is 0 Å². The molecule has 0 saturated carbocycles. The Balaban J connectivity index is 1.98. The van der Waals surface area contributed by atoms with E-state index in [4.69, 9.17) is 17.3 Å². The number of halogens is 1. The van der Waals surface area contributed by atoms with E-state index >= 15 is 0 Å². The summed E-state index contributed by atoms with van der Waals surface area (Å²) in [4.78, 5) is 11.9. The summed E-state index contributed by atoms with van der Waals surface area (Å²) < 4.78 is 0. The van der Waals surface area contributed by atoms with Crippen LogP contribution < -0.4 is 11.1 Å². The van der Waals surface area contributed by atoms with E-state index < -0.39 is 0 Å². The molecule has 0 saturated heterocycles. The lowest BCUT2D eigenvalue weighted by Crippen LogP contribution is -2.23. The zero-order chi connectivity index (χ0) is 13.7. The molecule has 19 heavy (non-hydrogen) atoms. The maximum absolute atomic E-state index is 11.9. The lowest BCUT2D eigenvalue weighted by molar-refractivity contribution is 0.0951. The van der Waals surface area contributed by atoms with E-state index in [0.717, 1.165) is 11.1 Å². The average Bonchev–Trinajstić information content (AvgIpc) is 2.46. The number of benzene rings is 2. The van der Waals surface area contributed by atoms with Gasteiger partial charge in [-0.15, -0.1) is 0 Å². The number of carbonyl (C=O) groups excluding carboxylic acids is 1. The van der Waals surface area contributed by atoms with Crippen molar-refractivity contribution in [3.05, 3.63) is 70.2 Å². The molecule has 0 heterocycles. The molecule has 98 valence electrons. The van der Waals surface area contributed by atoms with Gasteiger partial charge in [-0.1, -0.05) is 48.0 Å². The summed E-state index contributed by atoms with van der Waals surface area (Å²) in [6, 6.07) is 14.8. The van der Waals surface area contributed by atoms with Gasteiger partial charge in [0.05, 0.1) is 10.6 Å². The van der Waals surface area contributed by atoms with Gasteiger partial charge in [0.1, 0.15) is 0 Å². The normalized spacial score (nSPS) is 10.2. The highest BCUT2D eigenvalue weighted by Gasteiger charge is 2.08. The molecule has 0 aliphatic heterocycles. The summed E-state index contributed by atoms with van der Waals surface area (Å²) in [7, 11) is 0. The van der Waals surface area contributed by atoms with Crippen LogP contribution in [0.15, 0.2) is 48.5 Å². The topological polar surface area (TPSA) is 55.1 Å². The number of hydrogen-bond acceptors (Lipinski definition) is 2. The molecule has 0 spiro atoms. The van der Waals surface area contributed by atoms with Crippen LogP contribution in [0.2, 0.25) is 5.02 Å². The van der Waals surface area contributed by atoms with Crippen LogP contribution in [0.1, 0.15) is 21.5 Å². The highest BCUT2D eigenvalue weighted by Crippen LogP contribution is 2.14. The van der Waals surface area contributed by atoms with Gasteiger partial charge >= 0.3 is 0 Å². The summed E-state index contributed by atoms with van der Waals surface area (Å²) in [5.41, 5.74) is 8.12. The summed E-state index contributed by atoms with van der Waals surface area (Å²) >= 11 is 5.97. The van der Waals surface area contributed by atoms with Crippen molar-refractivity contribution >= 4 is 17.5 Å². The molecule has 0 radical (unpaired) electrons. The van der Waals surface area contributed by atoms with Gasteiger partial charge in [0.15, 0.2) is 0 Å². The fraction of sp³-hybridized carbons (Fsp3) is 0.133. The van der Waals surface area contributed by atoms with Gasteiger partial charge in [-0.3, -0.25) is 4.79 Å². The molecule has 2 aromatic carbocycles. The predicted molar refractivity (Wildman–Crippen MR) is 77.0 cm³/mol. The Kier molecular flexibility index (Phi) is 4.55. The molecule has 0 atom stereocenters. The lowest BCUT2D eigenvalue weighted by atomic mass is 10.1. The number of carbonyl (C=O) groups is 1. The van der Waals surface area contributed by atoms with Crippen molar-refractivity contribution in [2.75, 3.05) is 0 Å². The van der Waals surface area contributed by atoms with Crippen molar-refractivity contribution in [3.8, 4) is 0 Å². The van der Waals surface area contributed by atoms with Crippen molar-refractivity contribution in [2.45, 2.75) is 13.1 Å². The largest absolute Gasteiger partial charge is 0.348 e. The third-order valence-electron chi connectivity index (χ3n) is 2.83. The first-order valence-electron chi connectivity index (χ1n) is 6.01. The van der Waals surface area contributed by atoms with Crippen LogP contribution in [-0.2, 0) is 13.1 Å². The molecule has 2 aromatic rings. The fourth-order valence-electron chi connectivity index (χ4n) is 1.72. The Morgan fingerprint density at radius 2 is 1.68 bits per heavy atom. The van der Waals surface area contributed by atoms with Crippen molar-refractivity contribution in [2.24, 2.45) is 5.73 Å². The van der Waals surface area contributed by atoms with Gasteiger partial charge < -0.3 is 11.1 Å². The second-order valence-electron chi connectivity index (χ2n) is 4.18. The zero-order valence-electron chi connectivity index (χ0n) is 10.4. The second kappa shape index (κ2) is 6.36. The Morgan fingerprint density at radius 3 is 2.32 bits per heavy atom. The van der Waals surface area contributed by atoms with Crippen LogP contribution in [0.5, 0.6) is 0 Å². The third kappa shape index (κ3) is 3.56. The summed E-state index contributed by atoms with van der Waals surface area (Å²) in [5.74, 6) is -0.173. The van der Waals surface area contributed by atoms with Gasteiger partial charge in [-0.25, -0.2) is 0 Å². The summed E-state index contributed by atoms with van der Waals surface area (Å²) in [6.07, 6.45) is 0. The van der Waals surface area contributed by atoms with Crippen molar-refractivity contribution in [1.82, 2.24) is 5.32 Å². The zero-order valence-corrected chi connectivity index (χ0v) is 11.2. The number of hydrogen-bond donors (Lipinski definition) is 2. The lowest BCUT2D eigenvalue weighted by Gasteiger charge is -2.07. The minimum atomic E-state index is -0.173. The van der Waals surface area contributed by atoms with Gasteiger partial charge in [-0.2, -0.15) is 0 Å². The molecule has 0 aliphatic rings. The van der Waals surface area contributed by atoms with E-state index in [9.17, 15) is 4.79 Å². The summed E-state index contributed by atoms with van der Waals surface area (Å²) in [5, 5.41) is 3.30. The minimum Gasteiger partial charge on any atom is -0.348 e. The molecule has 0 aromatic heterocycles. The molecule has 0 aliphatic carbocycles. The number of rotatable bonds is 4. The Labute approximate surface area is 117 Å². The van der Waals surface area contributed by atoms with Gasteiger partial charge in [0.25, 0.3) is 5.91 Å². The standard InChI is InChI=1S/C15H15ClN2O/c16-14-4-2-1-3-13(14)15(19)18-10-12-7-5-11(9-17)6-8-12/h1-8H,9-10,17H2,(H,18,19). The van der Waals surface area contributed by atoms with E-state index in [0.29, 0.717) is 23.7 Å². The van der Waals surface area contributed by atoms with Gasteiger partial charge in [0, 0.05) is 13.1 Å². The van der Waals surface area contributed by atoms with Crippen LogP contribution in [0.4, 0.5) is 0 Å². The minimum absolute atomic E-state index is 0.173. The highest BCUT2D eigenvalue weighted by atomic mass is 35.5. The smallest absolute Gasteiger partial charge is 0.253 e. The first-order valence-corrected chi connectivity index (χ1v) is 6.39. The first kappa shape index (κ1) is 13.6. The maximum atomic E-state index is 11.9. The molecule has 3 nitrogen and oxygen atoms in total. The van der Waals surface area contributed by atoms with E-state index in [-0.39, 0.29) is 5.91 Å². The van der Waals surface area contributed by atoms with Crippen molar-refractivity contribution in [1.29, 1.82) is 0 Å². The molecule has 0 unspecified atom stereocenters. The van der Waals surface area contributed by atoms with Crippen molar-refractivity contribution < 1.29 is 4.79 Å². The number of nitrogens with one attached hydrogen (secondary N) is 1. The number of nitrogens with two attached hydrogens (primary N) is 1. The Morgan fingerprint density at radius 1 is 1.05 bits per heavy atom. The molecular weight excluding hydrogens is 260 g/mol. The van der Waals surface area contributed by atoms with Crippen LogP contribution in [-0.4, -0.2) is 5.91 Å². The van der Waals surface area contributed by atoms with E-state index in [1.165, 1.54) is 0 Å². The molecule has 4 heteroatoms. The quantitative estimate of drug-likeness (QED) is 0.901. The van der Waals surface area contributed by atoms with Crippen molar-refractivity contribution in [3.63, 3.8) is 0 Å². The van der Waals surface area contributed by atoms with E-state index in [1.54, 1.807) is 24.3 Å². The molecule has 0 fully saturated rings. The first-order chi connectivity index (χ1) is 9.20. The monoisotopic (exact) mass is 274 g/mol. The van der Waals surface area contributed by atoms with Gasteiger partial charge in [-0.05, 0) is 23.3 Å². The molecule has 1 amide bonds. The predicted octanol–water partition coefficient (Wildman–Crippen LogP) is 2.73. The Bertz CT molecular complexity index is 567. The molecule has 2 rings (SSSR count). The molecular formula is C15H15ClN2O. The van der Waals surface area contributed by atoms with E-state index in [2.05, 4.69) is 5.32 Å². The van der Waals surface area contributed by atoms with Crippen LogP contribution in [0, 0.1) is 0 Å². The molecule has 3 N–H and O–H groups in total. The van der Waals surface area contributed by atoms with E-state index in [1.807, 2.05) is 24.3 Å². The Hall–Kier alpha value is -1.84. The highest BCUT2D eigenvalue weighted by molar-refractivity contribution is 6.33. The summed E-state index contributed by atoms with van der Waals surface area (Å²) in [6.45, 7) is 0.987. The van der Waals surface area contributed by atoms with Crippen LogP contribution >= 0.6 is 11.6 Å². The third-order valence-corrected chi connectivity index (χ3v) is 3.16. The SMILES string of the molecule is NCc1ccc(CNC(=O)c2ccccc2Cl)cc1.